The molecule has 0 aromatic heterocycles. The third-order valence-corrected chi connectivity index (χ3v) is 12.9. The Bertz CT molecular complexity index is 2530. The Morgan fingerprint density at radius 3 is 1.41 bits per heavy atom. The Morgan fingerprint density at radius 1 is 0.426 bits per heavy atom. The van der Waals surface area contributed by atoms with Gasteiger partial charge in [0.05, 0.1) is 58.5 Å². The minimum Gasteiger partial charge on any atom is -0.387 e. The number of hydrogen-bond donors (Lipinski definition) is 1. The Kier molecular flexibility index (Phi) is 16.9. The van der Waals surface area contributed by atoms with E-state index in [1.165, 1.54) is 5.39 Å². The van der Waals surface area contributed by atoms with Crippen LogP contribution in [0.15, 0.2) is 194 Å². The lowest BCUT2D eigenvalue weighted by Gasteiger charge is -2.49. The van der Waals surface area contributed by atoms with Crippen LogP contribution in [0.2, 0.25) is 0 Å². The number of fused-ring (bicyclic) bond motifs is 1. The molecule has 0 unspecified atom stereocenters. The summed E-state index contributed by atoms with van der Waals surface area (Å²) in [5, 5.41) is 14.6. The van der Waals surface area contributed by atoms with Crippen LogP contribution in [0.4, 0.5) is 0 Å². The van der Waals surface area contributed by atoms with Crippen molar-refractivity contribution in [3.05, 3.63) is 228 Å². The zero-order valence-corrected chi connectivity index (χ0v) is 38.6. The first-order valence-electron chi connectivity index (χ1n) is 23.9. The molecule has 9 heteroatoms. The van der Waals surface area contributed by atoms with E-state index >= 15 is 0 Å². The van der Waals surface area contributed by atoms with Crippen molar-refractivity contribution in [1.29, 1.82) is 0 Å². The molecule has 9 rings (SSSR count). The molecule has 1 saturated carbocycles. The van der Waals surface area contributed by atoms with E-state index in [1.807, 2.05) is 127 Å². The topological polar surface area (TPSA) is 94.1 Å². The molecule has 9 nitrogen and oxygen atoms in total. The van der Waals surface area contributed by atoms with E-state index in [0.717, 1.165) is 38.8 Å². The second-order valence-electron chi connectivity index (χ2n) is 17.9. The van der Waals surface area contributed by atoms with Crippen LogP contribution in [0, 0.1) is 5.92 Å². The zero-order valence-electron chi connectivity index (χ0n) is 38.6. The van der Waals surface area contributed by atoms with Gasteiger partial charge in [-0.1, -0.05) is 195 Å². The first-order chi connectivity index (χ1) is 33.5. The molecule has 2 aliphatic rings. The SMILES string of the molecule is C[C@@H]1C[C@@H](OCc2ccc3ccccc3c2)[C@H](O[C@H]2O[C@H](COCc3ccccc3)[C@@H](O)[C@H](OCc3ccccc3)[C@H]2OCc2ccccc2)[C@H](OCc2ccccc2)[C@H]1OCc1ccccc1. The number of rotatable bonds is 21. The van der Waals surface area contributed by atoms with Gasteiger partial charge in [0.25, 0.3) is 0 Å². The average Bonchev–Trinajstić information content (AvgIpc) is 3.39. The van der Waals surface area contributed by atoms with Crippen molar-refractivity contribution in [2.75, 3.05) is 6.61 Å². The second-order valence-corrected chi connectivity index (χ2v) is 17.9. The first-order valence-corrected chi connectivity index (χ1v) is 23.9. The van der Waals surface area contributed by atoms with E-state index in [1.54, 1.807) is 0 Å². The minimum absolute atomic E-state index is 0.0150. The maximum absolute atomic E-state index is 12.3. The largest absolute Gasteiger partial charge is 0.387 e. The molecule has 1 saturated heterocycles. The Labute approximate surface area is 400 Å². The highest BCUT2D eigenvalue weighted by Crippen LogP contribution is 2.38. The third-order valence-electron chi connectivity index (χ3n) is 12.9. The van der Waals surface area contributed by atoms with Gasteiger partial charge in [-0.3, -0.25) is 0 Å². The van der Waals surface area contributed by atoms with E-state index in [9.17, 15) is 5.11 Å². The maximum atomic E-state index is 12.3. The summed E-state index contributed by atoms with van der Waals surface area (Å²) in [5.41, 5.74) is 6.05. The van der Waals surface area contributed by atoms with Crippen LogP contribution in [0.25, 0.3) is 10.8 Å². The van der Waals surface area contributed by atoms with Gasteiger partial charge in [-0.15, -0.1) is 0 Å². The summed E-state index contributed by atoms with van der Waals surface area (Å²) in [5.74, 6) is 0.0150. The monoisotopic (exact) mass is 914 g/mol. The van der Waals surface area contributed by atoms with Crippen molar-refractivity contribution in [3.8, 4) is 0 Å². The molecular formula is C59H62O9. The normalized spacial score (nSPS) is 25.0. The quantitative estimate of drug-likeness (QED) is 0.0756. The van der Waals surface area contributed by atoms with Crippen LogP contribution in [0.3, 0.4) is 0 Å². The zero-order chi connectivity index (χ0) is 46.3. The van der Waals surface area contributed by atoms with Crippen LogP contribution >= 0.6 is 0 Å². The third kappa shape index (κ3) is 12.7. The molecule has 7 aromatic rings. The molecule has 1 aliphatic heterocycles. The van der Waals surface area contributed by atoms with Crippen LogP contribution in [-0.2, 0) is 77.5 Å². The van der Waals surface area contributed by atoms with Crippen molar-refractivity contribution in [1.82, 2.24) is 0 Å². The molecule has 7 aromatic carbocycles. The predicted octanol–water partition coefficient (Wildman–Crippen LogP) is 10.8. The van der Waals surface area contributed by atoms with Gasteiger partial charge in [0.15, 0.2) is 6.29 Å². The van der Waals surface area contributed by atoms with E-state index in [0.29, 0.717) is 32.8 Å². The predicted molar refractivity (Wildman–Crippen MR) is 262 cm³/mol. The van der Waals surface area contributed by atoms with Crippen molar-refractivity contribution in [2.45, 2.75) is 108 Å². The van der Waals surface area contributed by atoms with Crippen LogP contribution in [0.1, 0.15) is 46.7 Å². The maximum Gasteiger partial charge on any atom is 0.187 e. The molecule has 0 spiro atoms. The number of benzene rings is 7. The summed E-state index contributed by atoms with van der Waals surface area (Å²) < 4.78 is 55.3. The molecule has 68 heavy (non-hydrogen) atoms. The fourth-order valence-electron chi connectivity index (χ4n) is 9.26. The average molecular weight is 915 g/mol. The van der Waals surface area contributed by atoms with Crippen molar-refractivity contribution in [3.63, 3.8) is 0 Å². The lowest BCUT2D eigenvalue weighted by atomic mass is 9.81. The van der Waals surface area contributed by atoms with Gasteiger partial charge >= 0.3 is 0 Å². The van der Waals surface area contributed by atoms with Crippen molar-refractivity contribution in [2.24, 2.45) is 5.92 Å². The highest BCUT2D eigenvalue weighted by atomic mass is 16.7. The number of aliphatic hydroxyl groups excluding tert-OH is 1. The van der Waals surface area contributed by atoms with Crippen LogP contribution < -0.4 is 0 Å². The van der Waals surface area contributed by atoms with Gasteiger partial charge in [0.2, 0.25) is 0 Å². The Morgan fingerprint density at radius 2 is 0.868 bits per heavy atom. The van der Waals surface area contributed by atoms with E-state index in [-0.39, 0.29) is 25.7 Å². The smallest absolute Gasteiger partial charge is 0.187 e. The molecule has 1 aliphatic carbocycles. The van der Waals surface area contributed by atoms with Gasteiger partial charge in [-0.25, -0.2) is 0 Å². The molecule has 352 valence electrons. The van der Waals surface area contributed by atoms with E-state index in [2.05, 4.69) is 73.7 Å². The molecule has 0 amide bonds. The number of aliphatic hydroxyl groups is 1. The molecule has 10 atom stereocenters. The number of ether oxygens (including phenoxy) is 8. The molecule has 1 heterocycles. The molecule has 1 N–H and O–H groups in total. The summed E-state index contributed by atoms with van der Waals surface area (Å²) in [4.78, 5) is 0. The summed E-state index contributed by atoms with van der Waals surface area (Å²) >= 11 is 0. The van der Waals surface area contributed by atoms with Gasteiger partial charge in [-0.05, 0) is 62.6 Å². The highest BCUT2D eigenvalue weighted by Gasteiger charge is 2.53. The second kappa shape index (κ2) is 24.1. The van der Waals surface area contributed by atoms with Gasteiger partial charge in [-0.2, -0.15) is 0 Å². The molecule has 2 fully saturated rings. The van der Waals surface area contributed by atoms with Gasteiger partial charge < -0.3 is 43.0 Å². The van der Waals surface area contributed by atoms with Crippen LogP contribution in [0.5, 0.6) is 0 Å². The first kappa shape index (κ1) is 47.5. The lowest BCUT2D eigenvalue weighted by Crippen LogP contribution is -2.64. The standard InChI is InChI=1S/C59H62O9/c1-42-33-51(62-40-48-31-32-49-29-17-18-30-50(49)34-48)55(57(65-38-46-25-13-5-14-26-46)54(42)63-36-44-21-9-3-10-22-44)68-59-58(66-39-47-27-15-6-16-28-47)56(64-37-45-23-11-4-12-24-45)53(60)52(67-59)41-61-35-43-19-7-2-8-20-43/h2-32,34,42,51-60H,33,35-41H2,1H3/t42-,51-,52-,53-,54+,55+,56+,57-,58-,59-/m1/s1. The summed E-state index contributed by atoms with van der Waals surface area (Å²) in [7, 11) is 0. The van der Waals surface area contributed by atoms with Crippen molar-refractivity contribution < 1.29 is 43.0 Å². The fourth-order valence-corrected chi connectivity index (χ4v) is 9.26. The van der Waals surface area contributed by atoms with Crippen LogP contribution in [-0.4, -0.2) is 66.8 Å². The van der Waals surface area contributed by atoms with E-state index < -0.39 is 55.1 Å². The highest BCUT2D eigenvalue weighted by molar-refractivity contribution is 5.82. The van der Waals surface area contributed by atoms with E-state index in [4.69, 9.17) is 37.9 Å². The van der Waals surface area contributed by atoms with Crippen molar-refractivity contribution >= 4 is 10.8 Å². The van der Waals surface area contributed by atoms with Gasteiger partial charge in [0.1, 0.15) is 36.6 Å². The summed E-state index contributed by atoms with van der Waals surface area (Å²) in [6, 6.07) is 65.0. The molecular weight excluding hydrogens is 853 g/mol. The Hall–Kier alpha value is -5.56. The van der Waals surface area contributed by atoms with Gasteiger partial charge in [0, 0.05) is 0 Å². The molecule has 0 bridgehead atoms. The minimum atomic E-state index is -1.13. The summed E-state index contributed by atoms with van der Waals surface area (Å²) in [6.07, 6.45) is -6.38. The number of hydrogen-bond acceptors (Lipinski definition) is 9. The summed E-state index contributed by atoms with van der Waals surface area (Å²) in [6.45, 7) is 4.12. The Balaban J connectivity index is 1.07. The lowest BCUT2D eigenvalue weighted by molar-refractivity contribution is -0.351. The molecule has 0 radical (unpaired) electrons. The fraction of sp³-hybridized carbons (Fsp3) is 0.322.